The second-order valence-corrected chi connectivity index (χ2v) is 5.91. The van der Waals surface area contributed by atoms with Crippen LogP contribution in [0, 0.1) is 0 Å². The molecule has 0 unspecified atom stereocenters. The Bertz CT molecular complexity index is 826. The lowest BCUT2D eigenvalue weighted by molar-refractivity contribution is -0.137. The van der Waals surface area contributed by atoms with Crippen molar-refractivity contribution < 1.29 is 29.0 Å². The molecule has 148 valence electrons. The second kappa shape index (κ2) is 9.96. The summed E-state index contributed by atoms with van der Waals surface area (Å²) in [5.74, 6) is -0.593. The van der Waals surface area contributed by atoms with Crippen LogP contribution in [0.5, 0.6) is 11.5 Å². The zero-order valence-corrected chi connectivity index (χ0v) is 15.7. The molecular weight excluding hydrogens is 364 g/mol. The highest BCUT2D eigenvalue weighted by atomic mass is 16.5. The van der Waals surface area contributed by atoms with Crippen molar-refractivity contribution in [3.8, 4) is 11.5 Å². The smallest absolute Gasteiger partial charge is 0.322 e. The van der Waals surface area contributed by atoms with Gasteiger partial charge in [0.2, 0.25) is 11.8 Å². The number of amides is 2. The van der Waals surface area contributed by atoms with E-state index in [1.54, 1.807) is 42.5 Å². The van der Waals surface area contributed by atoms with Crippen molar-refractivity contribution in [2.75, 3.05) is 26.1 Å². The Morgan fingerprint density at radius 2 is 1.50 bits per heavy atom. The largest absolute Gasteiger partial charge is 0.496 e. The molecule has 0 fully saturated rings. The molecule has 28 heavy (non-hydrogen) atoms. The first-order chi connectivity index (χ1) is 13.4. The molecule has 0 aliphatic heterocycles. The molecule has 0 bridgehead atoms. The topological polar surface area (TPSA) is 114 Å². The van der Waals surface area contributed by atoms with Gasteiger partial charge in [0.05, 0.1) is 27.1 Å². The molecule has 0 saturated carbocycles. The summed E-state index contributed by atoms with van der Waals surface area (Å²) in [6.07, 6.45) is 0.131. The Kier molecular flexibility index (Phi) is 7.38. The minimum atomic E-state index is -1.10. The first kappa shape index (κ1) is 20.8. The van der Waals surface area contributed by atoms with E-state index in [-0.39, 0.29) is 24.7 Å². The SMILES string of the molecule is COc1cccc(OC)c1CC(=O)Nc1ccc(CC(=O)NCC(=O)O)cc1. The van der Waals surface area contributed by atoms with Crippen LogP contribution in [0.25, 0.3) is 0 Å². The van der Waals surface area contributed by atoms with Crippen LogP contribution in [0.1, 0.15) is 11.1 Å². The van der Waals surface area contributed by atoms with Crippen molar-refractivity contribution in [2.45, 2.75) is 12.8 Å². The van der Waals surface area contributed by atoms with Gasteiger partial charge in [-0.05, 0) is 29.8 Å². The van der Waals surface area contributed by atoms with E-state index in [9.17, 15) is 14.4 Å². The number of carbonyl (C=O) groups excluding carboxylic acids is 2. The zero-order chi connectivity index (χ0) is 20.5. The van der Waals surface area contributed by atoms with Crippen LogP contribution in [-0.4, -0.2) is 43.7 Å². The maximum Gasteiger partial charge on any atom is 0.322 e. The maximum atomic E-state index is 12.4. The molecule has 0 heterocycles. The Morgan fingerprint density at radius 3 is 2.04 bits per heavy atom. The summed E-state index contributed by atoms with van der Waals surface area (Å²) in [5, 5.41) is 13.6. The van der Waals surface area contributed by atoms with E-state index in [1.165, 1.54) is 14.2 Å². The third-order valence-electron chi connectivity index (χ3n) is 3.91. The van der Waals surface area contributed by atoms with E-state index >= 15 is 0 Å². The van der Waals surface area contributed by atoms with Gasteiger partial charge in [-0.25, -0.2) is 0 Å². The standard InChI is InChI=1S/C20H22N2O6/c1-27-16-4-3-5-17(28-2)15(16)11-19(24)22-14-8-6-13(7-9-14)10-18(23)21-12-20(25)26/h3-9H,10-12H2,1-2H3,(H,21,23)(H,22,24)(H,25,26). The van der Waals surface area contributed by atoms with Crippen molar-refractivity contribution in [3.63, 3.8) is 0 Å². The number of benzene rings is 2. The molecule has 2 rings (SSSR count). The molecular formula is C20H22N2O6. The van der Waals surface area contributed by atoms with E-state index in [0.29, 0.717) is 28.3 Å². The number of anilines is 1. The number of carboxylic acids is 1. The highest BCUT2D eigenvalue weighted by Gasteiger charge is 2.14. The maximum absolute atomic E-state index is 12.4. The Labute approximate surface area is 162 Å². The lowest BCUT2D eigenvalue weighted by atomic mass is 10.1. The summed E-state index contributed by atoms with van der Waals surface area (Å²) in [7, 11) is 3.06. The summed E-state index contributed by atoms with van der Waals surface area (Å²) in [6, 6.07) is 12.0. The fourth-order valence-electron chi connectivity index (χ4n) is 2.60. The quantitative estimate of drug-likeness (QED) is 0.604. The van der Waals surface area contributed by atoms with Gasteiger partial charge in [0.1, 0.15) is 18.0 Å². The first-order valence-electron chi connectivity index (χ1n) is 8.50. The molecule has 8 heteroatoms. The van der Waals surface area contributed by atoms with Crippen LogP contribution in [0.15, 0.2) is 42.5 Å². The van der Waals surface area contributed by atoms with Gasteiger partial charge in [-0.15, -0.1) is 0 Å². The molecule has 0 aliphatic carbocycles. The lowest BCUT2D eigenvalue weighted by Gasteiger charge is -2.13. The van der Waals surface area contributed by atoms with Gasteiger partial charge in [-0.3, -0.25) is 14.4 Å². The molecule has 0 aromatic heterocycles. The van der Waals surface area contributed by atoms with E-state index in [1.807, 2.05) is 0 Å². The minimum Gasteiger partial charge on any atom is -0.496 e. The van der Waals surface area contributed by atoms with Gasteiger partial charge >= 0.3 is 5.97 Å². The van der Waals surface area contributed by atoms with Crippen LogP contribution in [0.4, 0.5) is 5.69 Å². The second-order valence-electron chi connectivity index (χ2n) is 5.91. The number of ether oxygens (including phenoxy) is 2. The number of aliphatic carboxylic acids is 1. The van der Waals surface area contributed by atoms with Gasteiger partial charge < -0.3 is 25.2 Å². The molecule has 2 aromatic carbocycles. The highest BCUT2D eigenvalue weighted by Crippen LogP contribution is 2.28. The van der Waals surface area contributed by atoms with Crippen molar-refractivity contribution in [1.29, 1.82) is 0 Å². The summed E-state index contributed by atoms with van der Waals surface area (Å²) < 4.78 is 10.6. The lowest BCUT2D eigenvalue weighted by Crippen LogP contribution is -2.30. The minimum absolute atomic E-state index is 0.0555. The number of carboxylic acid groups (broad SMARTS) is 1. The molecule has 0 saturated heterocycles. The van der Waals surface area contributed by atoms with Crippen LogP contribution < -0.4 is 20.1 Å². The van der Waals surface area contributed by atoms with Crippen molar-refractivity contribution >= 4 is 23.5 Å². The van der Waals surface area contributed by atoms with Gasteiger partial charge in [0.15, 0.2) is 0 Å². The summed E-state index contributed by atoms with van der Waals surface area (Å²) >= 11 is 0. The molecule has 2 aromatic rings. The molecule has 8 nitrogen and oxygen atoms in total. The fraction of sp³-hybridized carbons (Fsp3) is 0.250. The van der Waals surface area contributed by atoms with E-state index in [0.717, 1.165) is 0 Å². The van der Waals surface area contributed by atoms with Gasteiger partial charge in [0.25, 0.3) is 0 Å². The van der Waals surface area contributed by atoms with Gasteiger partial charge in [0, 0.05) is 11.3 Å². The summed E-state index contributed by atoms with van der Waals surface area (Å²) in [6.45, 7) is -0.417. The molecule has 0 aliphatic rings. The molecule has 2 amide bonds. The number of nitrogens with one attached hydrogen (secondary N) is 2. The van der Waals surface area contributed by atoms with E-state index < -0.39 is 12.5 Å². The van der Waals surface area contributed by atoms with E-state index in [4.69, 9.17) is 14.6 Å². The third kappa shape index (κ3) is 6.01. The zero-order valence-electron chi connectivity index (χ0n) is 15.7. The number of rotatable bonds is 9. The average molecular weight is 386 g/mol. The number of hydrogen-bond acceptors (Lipinski definition) is 5. The van der Waals surface area contributed by atoms with Gasteiger partial charge in [-0.2, -0.15) is 0 Å². The monoisotopic (exact) mass is 386 g/mol. The first-order valence-corrected chi connectivity index (χ1v) is 8.50. The molecule has 3 N–H and O–H groups in total. The molecule has 0 radical (unpaired) electrons. The highest BCUT2D eigenvalue weighted by molar-refractivity contribution is 5.93. The summed E-state index contributed by atoms with van der Waals surface area (Å²) in [5.41, 5.74) is 1.93. The van der Waals surface area contributed by atoms with Crippen LogP contribution in [0.3, 0.4) is 0 Å². The Hall–Kier alpha value is -3.55. The van der Waals surface area contributed by atoms with Crippen LogP contribution in [-0.2, 0) is 27.2 Å². The predicted octanol–water partition coefficient (Wildman–Crippen LogP) is 1.63. The Morgan fingerprint density at radius 1 is 0.893 bits per heavy atom. The number of hydrogen-bond donors (Lipinski definition) is 3. The number of carbonyl (C=O) groups is 3. The Balaban J connectivity index is 1.96. The third-order valence-corrected chi connectivity index (χ3v) is 3.91. The van der Waals surface area contributed by atoms with Crippen molar-refractivity contribution in [2.24, 2.45) is 0 Å². The van der Waals surface area contributed by atoms with E-state index in [2.05, 4.69) is 10.6 Å². The van der Waals surface area contributed by atoms with Gasteiger partial charge in [-0.1, -0.05) is 18.2 Å². The van der Waals surface area contributed by atoms with Crippen LogP contribution in [0.2, 0.25) is 0 Å². The average Bonchev–Trinajstić information content (AvgIpc) is 2.68. The molecule has 0 atom stereocenters. The van der Waals surface area contributed by atoms with Crippen LogP contribution >= 0.6 is 0 Å². The normalized spacial score (nSPS) is 10.1. The number of methoxy groups -OCH3 is 2. The van der Waals surface area contributed by atoms with Crippen molar-refractivity contribution in [1.82, 2.24) is 5.32 Å². The summed E-state index contributed by atoms with van der Waals surface area (Å²) in [4.78, 5) is 34.5. The predicted molar refractivity (Wildman–Crippen MR) is 103 cm³/mol. The molecule has 0 spiro atoms. The fourth-order valence-corrected chi connectivity index (χ4v) is 2.60. The van der Waals surface area contributed by atoms with Crippen molar-refractivity contribution in [3.05, 3.63) is 53.6 Å².